The van der Waals surface area contributed by atoms with E-state index in [1.165, 1.54) is 24.9 Å². The first kappa shape index (κ1) is 19.8. The number of amides is 1. The fourth-order valence-electron chi connectivity index (χ4n) is 3.48. The summed E-state index contributed by atoms with van der Waals surface area (Å²) in [6.07, 6.45) is 5.40. The molecule has 1 N–H and O–H groups in total. The van der Waals surface area contributed by atoms with Gasteiger partial charge in [-0.05, 0) is 68.2 Å². The number of allylic oxidation sites excluding steroid dienone is 1. The van der Waals surface area contributed by atoms with Crippen LogP contribution >= 0.6 is 0 Å². The van der Waals surface area contributed by atoms with Gasteiger partial charge in [-0.25, -0.2) is 0 Å². The average molecular weight is 380 g/mol. The average Bonchev–Trinajstić information content (AvgIpc) is 2.74. The Morgan fingerprint density at radius 1 is 1.00 bits per heavy atom. The second kappa shape index (κ2) is 9.31. The summed E-state index contributed by atoms with van der Waals surface area (Å²) in [6.45, 7) is 4.11. The summed E-state index contributed by atoms with van der Waals surface area (Å²) >= 11 is 0. The second-order valence-corrected chi connectivity index (χ2v) is 6.98. The number of methoxy groups -OCH3 is 2. The zero-order chi connectivity index (χ0) is 19.9. The van der Waals surface area contributed by atoms with Crippen molar-refractivity contribution in [2.45, 2.75) is 26.2 Å². The van der Waals surface area contributed by atoms with E-state index in [0.29, 0.717) is 11.5 Å². The molecule has 28 heavy (non-hydrogen) atoms. The van der Waals surface area contributed by atoms with Crippen molar-refractivity contribution in [3.8, 4) is 11.5 Å². The smallest absolute Gasteiger partial charge is 0.248 e. The summed E-state index contributed by atoms with van der Waals surface area (Å²) in [7, 11) is 3.22. The molecular formula is C23H28N2O3. The summed E-state index contributed by atoms with van der Waals surface area (Å²) < 4.78 is 10.6. The van der Waals surface area contributed by atoms with Gasteiger partial charge in [0.1, 0.15) is 11.5 Å². The molecule has 148 valence electrons. The van der Waals surface area contributed by atoms with Crippen molar-refractivity contribution in [3.63, 3.8) is 0 Å². The lowest BCUT2D eigenvalue weighted by atomic mass is 10.1. The Labute approximate surface area is 167 Å². The van der Waals surface area contributed by atoms with Crippen molar-refractivity contribution in [3.05, 3.63) is 54.1 Å². The molecule has 3 rings (SSSR count). The third-order valence-corrected chi connectivity index (χ3v) is 5.04. The standard InChI is InChI=1S/C23H28N2O3/c1-17(21-12-11-20(27-2)16-22(21)28-3)15-23(26)24-18-7-9-19(10-8-18)25-13-5-4-6-14-25/h7-12,15-16H,4-6,13-14H2,1-3H3,(H,24,26)/b17-15+. The molecule has 5 nitrogen and oxygen atoms in total. The third kappa shape index (κ3) is 4.85. The monoisotopic (exact) mass is 380 g/mol. The highest BCUT2D eigenvalue weighted by Crippen LogP contribution is 2.30. The maximum absolute atomic E-state index is 12.4. The fourth-order valence-corrected chi connectivity index (χ4v) is 3.48. The molecule has 2 aromatic rings. The van der Waals surface area contributed by atoms with Gasteiger partial charge in [0, 0.05) is 42.2 Å². The van der Waals surface area contributed by atoms with E-state index in [1.54, 1.807) is 20.3 Å². The van der Waals surface area contributed by atoms with E-state index >= 15 is 0 Å². The normalized spacial score (nSPS) is 14.5. The summed E-state index contributed by atoms with van der Waals surface area (Å²) in [5.41, 5.74) is 3.68. The van der Waals surface area contributed by atoms with Crippen molar-refractivity contribution in [2.75, 3.05) is 37.5 Å². The Hall–Kier alpha value is -2.95. The topological polar surface area (TPSA) is 50.8 Å². The lowest BCUT2D eigenvalue weighted by Crippen LogP contribution is -2.29. The van der Waals surface area contributed by atoms with Crippen molar-refractivity contribution in [1.29, 1.82) is 0 Å². The number of carbonyl (C=O) groups excluding carboxylic acids is 1. The van der Waals surface area contributed by atoms with Crippen LogP contribution in [0.1, 0.15) is 31.7 Å². The SMILES string of the molecule is COc1ccc(/C(C)=C/C(=O)Nc2ccc(N3CCCCC3)cc2)c(OC)c1. The molecule has 0 bridgehead atoms. The molecule has 1 amide bonds. The van der Waals surface area contributed by atoms with Crippen LogP contribution in [0.2, 0.25) is 0 Å². The van der Waals surface area contributed by atoms with Gasteiger partial charge in [0.25, 0.3) is 0 Å². The second-order valence-electron chi connectivity index (χ2n) is 6.98. The first-order valence-corrected chi connectivity index (χ1v) is 9.67. The first-order chi connectivity index (χ1) is 13.6. The number of piperidine rings is 1. The summed E-state index contributed by atoms with van der Waals surface area (Å²) in [5, 5.41) is 2.93. The Balaban J connectivity index is 1.67. The molecule has 2 aromatic carbocycles. The van der Waals surface area contributed by atoms with Gasteiger partial charge < -0.3 is 19.7 Å². The van der Waals surface area contributed by atoms with Crippen LogP contribution < -0.4 is 19.7 Å². The Morgan fingerprint density at radius 3 is 2.36 bits per heavy atom. The highest BCUT2D eigenvalue weighted by molar-refractivity contribution is 6.04. The molecule has 0 radical (unpaired) electrons. The third-order valence-electron chi connectivity index (χ3n) is 5.04. The highest BCUT2D eigenvalue weighted by Gasteiger charge is 2.11. The molecule has 1 saturated heterocycles. The van der Waals surface area contributed by atoms with Gasteiger partial charge in [0.15, 0.2) is 0 Å². The van der Waals surface area contributed by atoms with Crippen molar-refractivity contribution in [2.24, 2.45) is 0 Å². The largest absolute Gasteiger partial charge is 0.497 e. The van der Waals surface area contributed by atoms with Gasteiger partial charge in [-0.15, -0.1) is 0 Å². The zero-order valence-electron chi connectivity index (χ0n) is 16.8. The minimum Gasteiger partial charge on any atom is -0.497 e. The molecule has 0 unspecified atom stereocenters. The van der Waals surface area contributed by atoms with Gasteiger partial charge in [-0.3, -0.25) is 4.79 Å². The van der Waals surface area contributed by atoms with E-state index in [2.05, 4.69) is 22.3 Å². The molecular weight excluding hydrogens is 352 g/mol. The quantitative estimate of drug-likeness (QED) is 0.736. The van der Waals surface area contributed by atoms with Gasteiger partial charge in [-0.1, -0.05) is 0 Å². The van der Waals surface area contributed by atoms with Crippen LogP contribution in [0.5, 0.6) is 11.5 Å². The molecule has 0 atom stereocenters. The van der Waals surface area contributed by atoms with E-state index in [1.807, 2.05) is 37.3 Å². The number of hydrogen-bond acceptors (Lipinski definition) is 4. The minimum atomic E-state index is -0.166. The molecule has 1 heterocycles. The number of carbonyl (C=O) groups is 1. The van der Waals surface area contributed by atoms with Crippen molar-refractivity contribution >= 4 is 22.9 Å². The Kier molecular flexibility index (Phi) is 6.58. The lowest BCUT2D eigenvalue weighted by Gasteiger charge is -2.28. The molecule has 5 heteroatoms. The Morgan fingerprint density at radius 2 is 1.71 bits per heavy atom. The molecule has 0 spiro atoms. The number of ether oxygens (including phenoxy) is 2. The van der Waals surface area contributed by atoms with Crippen LogP contribution in [-0.2, 0) is 4.79 Å². The first-order valence-electron chi connectivity index (χ1n) is 9.67. The number of hydrogen-bond donors (Lipinski definition) is 1. The van der Waals surface area contributed by atoms with Crippen LogP contribution in [0.4, 0.5) is 11.4 Å². The van der Waals surface area contributed by atoms with E-state index in [9.17, 15) is 4.79 Å². The number of benzene rings is 2. The summed E-state index contributed by atoms with van der Waals surface area (Å²) in [5.74, 6) is 1.22. The van der Waals surface area contributed by atoms with Crippen molar-refractivity contribution < 1.29 is 14.3 Å². The van der Waals surface area contributed by atoms with Crippen LogP contribution in [0.3, 0.4) is 0 Å². The number of nitrogens with one attached hydrogen (secondary N) is 1. The summed E-state index contributed by atoms with van der Waals surface area (Å²) in [4.78, 5) is 14.8. The van der Waals surface area contributed by atoms with Gasteiger partial charge >= 0.3 is 0 Å². The zero-order valence-corrected chi connectivity index (χ0v) is 16.8. The van der Waals surface area contributed by atoms with Gasteiger partial charge in [0.05, 0.1) is 14.2 Å². The van der Waals surface area contributed by atoms with Crippen LogP contribution in [0.15, 0.2) is 48.5 Å². The van der Waals surface area contributed by atoms with Crippen LogP contribution in [-0.4, -0.2) is 33.2 Å². The fraction of sp³-hybridized carbons (Fsp3) is 0.348. The van der Waals surface area contributed by atoms with E-state index < -0.39 is 0 Å². The lowest BCUT2D eigenvalue weighted by molar-refractivity contribution is -0.111. The number of rotatable bonds is 6. The maximum Gasteiger partial charge on any atom is 0.248 e. The minimum absolute atomic E-state index is 0.166. The predicted octanol–water partition coefficient (Wildman–Crippen LogP) is 4.74. The molecule has 0 aromatic heterocycles. The van der Waals surface area contributed by atoms with Gasteiger partial charge in [0.2, 0.25) is 5.91 Å². The van der Waals surface area contributed by atoms with Crippen LogP contribution in [0.25, 0.3) is 5.57 Å². The van der Waals surface area contributed by atoms with E-state index in [4.69, 9.17) is 9.47 Å². The van der Waals surface area contributed by atoms with Crippen molar-refractivity contribution in [1.82, 2.24) is 0 Å². The molecule has 0 aliphatic carbocycles. The summed E-state index contributed by atoms with van der Waals surface area (Å²) in [6, 6.07) is 13.6. The van der Waals surface area contributed by atoms with E-state index in [-0.39, 0.29) is 5.91 Å². The van der Waals surface area contributed by atoms with E-state index in [0.717, 1.165) is 29.9 Å². The molecule has 1 fully saturated rings. The number of nitrogens with zero attached hydrogens (tertiary/aromatic N) is 1. The Bertz CT molecular complexity index is 837. The molecule has 1 aliphatic heterocycles. The van der Waals surface area contributed by atoms with Crippen LogP contribution in [0, 0.1) is 0 Å². The molecule has 1 aliphatic rings. The number of anilines is 2. The van der Waals surface area contributed by atoms with Gasteiger partial charge in [-0.2, -0.15) is 0 Å². The molecule has 0 saturated carbocycles. The predicted molar refractivity (Wildman–Crippen MR) is 114 cm³/mol. The maximum atomic E-state index is 12.4. The highest BCUT2D eigenvalue weighted by atomic mass is 16.5.